The van der Waals surface area contributed by atoms with Gasteiger partial charge in [-0.25, -0.2) is 0 Å². The van der Waals surface area contributed by atoms with Gasteiger partial charge in [0.2, 0.25) is 0 Å². The van der Waals surface area contributed by atoms with Crippen molar-refractivity contribution >= 4 is 45.2 Å². The molecule has 0 unspecified atom stereocenters. The number of nitrogens with zero attached hydrogens (tertiary/aromatic N) is 1. The van der Waals surface area contributed by atoms with Crippen LogP contribution in [0.1, 0.15) is 11.1 Å². The van der Waals surface area contributed by atoms with Gasteiger partial charge in [0.15, 0.2) is 16.6 Å². The highest BCUT2D eigenvalue weighted by Gasteiger charge is 2.33. The van der Waals surface area contributed by atoms with E-state index in [0.717, 1.165) is 6.07 Å². The number of rotatable bonds is 4. The number of thiocarbonyl (C=S) groups is 1. The number of para-hydroxylation sites is 1. The van der Waals surface area contributed by atoms with Crippen molar-refractivity contribution in [3.8, 4) is 11.5 Å². The van der Waals surface area contributed by atoms with E-state index >= 15 is 0 Å². The average Bonchev–Trinajstić information content (AvgIpc) is 2.57. The minimum Gasteiger partial charge on any atom is -0.503 e. The van der Waals surface area contributed by atoms with E-state index in [4.69, 9.17) is 17.0 Å². The molecule has 0 aliphatic carbocycles. The first-order chi connectivity index (χ1) is 12.2. The topological polar surface area (TPSA) is 65.9 Å². The molecule has 0 aromatic heterocycles. The number of halogens is 4. The second kappa shape index (κ2) is 8.37. The van der Waals surface area contributed by atoms with Crippen LogP contribution in [0.15, 0.2) is 46.0 Å². The highest BCUT2D eigenvalue weighted by molar-refractivity contribution is 9.10. The molecule has 10 heteroatoms. The second-order valence-corrected chi connectivity index (χ2v) is 6.18. The lowest BCUT2D eigenvalue weighted by Gasteiger charge is -2.14. The van der Waals surface area contributed by atoms with Crippen LogP contribution in [0, 0.1) is 0 Å². The van der Waals surface area contributed by atoms with Crippen LogP contribution in [-0.2, 0) is 6.18 Å². The molecule has 0 aliphatic heterocycles. The molecule has 0 saturated carbocycles. The summed E-state index contributed by atoms with van der Waals surface area (Å²) in [6.07, 6.45) is -3.13. The fraction of sp³-hybridized carbons (Fsp3) is 0.125. The number of nitrogens with one attached hydrogen (secondary N) is 2. The number of alkyl halides is 3. The van der Waals surface area contributed by atoms with E-state index in [1.807, 2.05) is 0 Å². The third-order valence-corrected chi connectivity index (χ3v) is 3.93. The summed E-state index contributed by atoms with van der Waals surface area (Å²) in [5, 5.41) is 15.9. The Balaban J connectivity index is 2.06. The van der Waals surface area contributed by atoms with Crippen molar-refractivity contribution in [1.29, 1.82) is 0 Å². The van der Waals surface area contributed by atoms with Gasteiger partial charge in [-0.05, 0) is 58.0 Å². The summed E-state index contributed by atoms with van der Waals surface area (Å²) >= 11 is 8.12. The van der Waals surface area contributed by atoms with Gasteiger partial charge in [0.1, 0.15) is 0 Å². The van der Waals surface area contributed by atoms with Crippen molar-refractivity contribution in [2.45, 2.75) is 6.18 Å². The van der Waals surface area contributed by atoms with Gasteiger partial charge < -0.3 is 15.2 Å². The normalized spacial score (nSPS) is 11.4. The number of hydrazone groups is 1. The lowest BCUT2D eigenvalue weighted by atomic mass is 10.2. The fourth-order valence-corrected chi connectivity index (χ4v) is 2.60. The number of phenols is 1. The molecule has 3 N–H and O–H groups in total. The standard InChI is InChI=1S/C16H13BrF3N3O2S/c1-25-13-7-9(6-11(17)14(13)24)8-21-23-15(26)22-12-5-3-2-4-10(12)16(18,19)20/h2-8,24H,1H3,(H2,22,23,26)/b21-8-. The minimum absolute atomic E-state index is 0.0569. The number of benzene rings is 2. The molecular weight excluding hydrogens is 435 g/mol. The van der Waals surface area contributed by atoms with Gasteiger partial charge in [0.05, 0.1) is 29.0 Å². The average molecular weight is 448 g/mol. The van der Waals surface area contributed by atoms with Gasteiger partial charge in [-0.3, -0.25) is 5.43 Å². The van der Waals surface area contributed by atoms with Gasteiger partial charge in [0.25, 0.3) is 0 Å². The van der Waals surface area contributed by atoms with Gasteiger partial charge >= 0.3 is 6.18 Å². The van der Waals surface area contributed by atoms with Crippen LogP contribution >= 0.6 is 28.1 Å². The summed E-state index contributed by atoms with van der Waals surface area (Å²) in [5.41, 5.74) is 1.99. The van der Waals surface area contributed by atoms with Crippen molar-refractivity contribution in [2.24, 2.45) is 5.10 Å². The smallest absolute Gasteiger partial charge is 0.418 e. The van der Waals surface area contributed by atoms with Gasteiger partial charge in [-0.2, -0.15) is 18.3 Å². The molecule has 2 rings (SSSR count). The Hall–Kier alpha value is -2.33. The van der Waals surface area contributed by atoms with Gasteiger partial charge in [-0.1, -0.05) is 12.1 Å². The Morgan fingerprint density at radius 2 is 2.00 bits per heavy atom. The first kappa shape index (κ1) is 20.0. The van der Waals surface area contributed by atoms with Crippen LogP contribution in [0.25, 0.3) is 0 Å². The summed E-state index contributed by atoms with van der Waals surface area (Å²) in [4.78, 5) is 0. The van der Waals surface area contributed by atoms with Crippen LogP contribution in [0.5, 0.6) is 11.5 Å². The van der Waals surface area contributed by atoms with Crippen molar-refractivity contribution in [1.82, 2.24) is 5.43 Å². The zero-order valence-corrected chi connectivity index (χ0v) is 15.7. The van der Waals surface area contributed by atoms with Crippen molar-refractivity contribution in [3.05, 3.63) is 52.0 Å². The predicted octanol–water partition coefficient (Wildman–Crippen LogP) is 4.50. The van der Waals surface area contributed by atoms with Gasteiger partial charge in [-0.15, -0.1) is 0 Å². The summed E-state index contributed by atoms with van der Waals surface area (Å²) in [7, 11) is 1.40. The van der Waals surface area contributed by atoms with E-state index in [1.54, 1.807) is 6.07 Å². The van der Waals surface area contributed by atoms with E-state index < -0.39 is 11.7 Å². The largest absolute Gasteiger partial charge is 0.503 e. The molecule has 138 valence electrons. The second-order valence-electron chi connectivity index (χ2n) is 4.92. The monoisotopic (exact) mass is 447 g/mol. The maximum Gasteiger partial charge on any atom is 0.418 e. The maximum atomic E-state index is 12.9. The molecule has 0 amide bonds. The zero-order valence-electron chi connectivity index (χ0n) is 13.3. The number of aromatic hydroxyl groups is 1. The SMILES string of the molecule is COc1cc(/C=N\NC(=S)Nc2ccccc2C(F)(F)F)cc(Br)c1O. The molecular formula is C16H13BrF3N3O2S. The number of hydrogen-bond acceptors (Lipinski definition) is 4. The van der Waals surface area contributed by atoms with Crippen LogP contribution < -0.4 is 15.5 Å². The minimum atomic E-state index is -4.50. The van der Waals surface area contributed by atoms with Crippen molar-refractivity contribution < 1.29 is 23.0 Å². The molecule has 0 radical (unpaired) electrons. The first-order valence-corrected chi connectivity index (χ1v) is 8.25. The molecule has 5 nitrogen and oxygen atoms in total. The van der Waals surface area contributed by atoms with Crippen LogP contribution in [0.2, 0.25) is 0 Å². The Kier molecular flexibility index (Phi) is 6.43. The van der Waals surface area contributed by atoms with E-state index in [-0.39, 0.29) is 22.3 Å². The summed E-state index contributed by atoms with van der Waals surface area (Å²) < 4.78 is 44.2. The Morgan fingerprint density at radius 3 is 2.65 bits per heavy atom. The predicted molar refractivity (Wildman–Crippen MR) is 101 cm³/mol. The lowest BCUT2D eigenvalue weighted by molar-refractivity contribution is -0.136. The molecule has 0 fully saturated rings. The molecule has 0 aliphatic rings. The number of anilines is 1. The molecule has 0 spiro atoms. The van der Waals surface area contributed by atoms with E-state index in [2.05, 4.69) is 31.8 Å². The van der Waals surface area contributed by atoms with Crippen molar-refractivity contribution in [2.75, 3.05) is 12.4 Å². The molecule has 2 aromatic carbocycles. The third kappa shape index (κ3) is 5.09. The highest BCUT2D eigenvalue weighted by atomic mass is 79.9. The molecule has 0 saturated heterocycles. The quantitative estimate of drug-likeness (QED) is 0.365. The Morgan fingerprint density at radius 1 is 1.31 bits per heavy atom. The molecule has 2 aromatic rings. The molecule has 0 heterocycles. The number of ether oxygens (including phenoxy) is 1. The number of hydrogen-bond donors (Lipinski definition) is 3. The summed E-state index contributed by atoms with van der Waals surface area (Å²) in [6.45, 7) is 0. The number of phenolic OH excluding ortho intramolecular Hbond substituents is 1. The maximum absolute atomic E-state index is 12.9. The summed E-state index contributed by atoms with van der Waals surface area (Å²) in [6, 6.07) is 8.08. The lowest BCUT2D eigenvalue weighted by Crippen LogP contribution is -2.25. The fourth-order valence-electron chi connectivity index (χ4n) is 1.98. The third-order valence-electron chi connectivity index (χ3n) is 3.13. The molecule has 26 heavy (non-hydrogen) atoms. The van der Waals surface area contributed by atoms with E-state index in [0.29, 0.717) is 10.0 Å². The Bertz CT molecular complexity index is 844. The van der Waals surface area contributed by atoms with Crippen molar-refractivity contribution in [3.63, 3.8) is 0 Å². The molecule has 0 atom stereocenters. The zero-order chi connectivity index (χ0) is 19.3. The van der Waals surface area contributed by atoms with Crippen LogP contribution in [0.3, 0.4) is 0 Å². The van der Waals surface area contributed by atoms with Gasteiger partial charge in [0, 0.05) is 0 Å². The van der Waals surface area contributed by atoms with Crippen LogP contribution in [-0.4, -0.2) is 23.5 Å². The summed E-state index contributed by atoms with van der Waals surface area (Å²) in [5.74, 6) is 0.180. The number of methoxy groups -OCH3 is 1. The van der Waals surface area contributed by atoms with Crippen LogP contribution in [0.4, 0.5) is 18.9 Å². The first-order valence-electron chi connectivity index (χ1n) is 7.05. The molecule has 0 bridgehead atoms. The highest BCUT2D eigenvalue weighted by Crippen LogP contribution is 2.35. The Labute approximate surface area is 161 Å². The van der Waals surface area contributed by atoms with E-state index in [9.17, 15) is 18.3 Å². The van der Waals surface area contributed by atoms with E-state index in [1.165, 1.54) is 37.6 Å².